The minimum atomic E-state index is -2.23. The van der Waals surface area contributed by atoms with E-state index in [1.807, 2.05) is 6.07 Å². The van der Waals surface area contributed by atoms with Gasteiger partial charge < -0.3 is 19.7 Å². The summed E-state index contributed by atoms with van der Waals surface area (Å²) in [6.07, 6.45) is -1.42. The van der Waals surface area contributed by atoms with Crippen molar-refractivity contribution in [3.8, 4) is 11.8 Å². The molecule has 0 bridgehead atoms. The number of aliphatic hydroxyl groups excluding tert-OH is 1. The highest BCUT2D eigenvalue weighted by atomic mass is 16.7. The average Bonchev–Trinajstić information content (AvgIpc) is 2.59. The molecule has 0 radical (unpaired) electrons. The van der Waals surface area contributed by atoms with Crippen LogP contribution in [0.2, 0.25) is 0 Å². The van der Waals surface area contributed by atoms with E-state index >= 15 is 0 Å². The minimum absolute atomic E-state index is 0.106. The molecule has 1 aliphatic rings. The monoisotopic (exact) mass is 311 g/mol. The number of hydrogen-bond acceptors (Lipinski definition) is 5. The van der Waals surface area contributed by atoms with Crippen LogP contribution in [0.25, 0.3) is 0 Å². The molecular formula is C18H17NO4. The summed E-state index contributed by atoms with van der Waals surface area (Å²) in [5.74, 6) is -1.89. The number of aliphatic hydroxyl groups is 2. The summed E-state index contributed by atoms with van der Waals surface area (Å²) in [5.41, 5.74) is -1.09. The predicted molar refractivity (Wildman–Crippen MR) is 82.3 cm³/mol. The van der Waals surface area contributed by atoms with Crippen molar-refractivity contribution in [3.63, 3.8) is 0 Å². The molecule has 0 saturated carbocycles. The molecule has 5 nitrogen and oxygen atoms in total. The van der Waals surface area contributed by atoms with Gasteiger partial charge in [0.25, 0.3) is 11.4 Å². The summed E-state index contributed by atoms with van der Waals surface area (Å²) < 4.78 is 11.4. The van der Waals surface area contributed by atoms with Crippen LogP contribution < -0.4 is 4.74 Å². The van der Waals surface area contributed by atoms with Gasteiger partial charge in [0.15, 0.2) is 0 Å². The van der Waals surface area contributed by atoms with Crippen molar-refractivity contribution < 1.29 is 19.7 Å². The van der Waals surface area contributed by atoms with Crippen LogP contribution in [0.15, 0.2) is 54.6 Å². The first kappa shape index (κ1) is 15.5. The van der Waals surface area contributed by atoms with Gasteiger partial charge in [-0.15, -0.1) is 0 Å². The Kier molecular flexibility index (Phi) is 3.82. The van der Waals surface area contributed by atoms with Crippen LogP contribution in [-0.2, 0) is 10.3 Å². The van der Waals surface area contributed by atoms with Crippen LogP contribution in [-0.4, -0.2) is 22.6 Å². The van der Waals surface area contributed by atoms with Gasteiger partial charge in [-0.25, -0.2) is 0 Å². The molecule has 1 heterocycles. The van der Waals surface area contributed by atoms with Crippen LogP contribution in [0.3, 0.4) is 0 Å². The van der Waals surface area contributed by atoms with E-state index in [4.69, 9.17) is 9.47 Å². The zero-order valence-electron chi connectivity index (χ0n) is 12.6. The topological polar surface area (TPSA) is 82.7 Å². The summed E-state index contributed by atoms with van der Waals surface area (Å²) in [6.45, 7) is 1.79. The second-order valence-electron chi connectivity index (χ2n) is 5.33. The summed E-state index contributed by atoms with van der Waals surface area (Å²) in [5, 5.41) is 31.7. The fourth-order valence-electron chi connectivity index (χ4n) is 2.95. The van der Waals surface area contributed by atoms with Gasteiger partial charge in [-0.3, -0.25) is 0 Å². The van der Waals surface area contributed by atoms with Gasteiger partial charge in [0.1, 0.15) is 17.9 Å². The lowest BCUT2D eigenvalue weighted by Gasteiger charge is -2.48. The maximum absolute atomic E-state index is 11.1. The summed E-state index contributed by atoms with van der Waals surface area (Å²) in [6, 6.07) is 17.4. The number of benzene rings is 2. The standard InChI is InChI=1S/C18H17NO4/c1-2-22-18(21)16(20)14-10-6-7-11-15(14)23-17(18,12-19)13-8-4-3-5-9-13/h3-11,16,20-21H,2H2,1H3. The molecule has 0 aromatic heterocycles. The Balaban J connectivity index is 2.27. The van der Waals surface area contributed by atoms with Crippen molar-refractivity contribution in [1.29, 1.82) is 5.26 Å². The lowest BCUT2D eigenvalue weighted by atomic mass is 9.78. The Hall–Kier alpha value is -2.39. The van der Waals surface area contributed by atoms with Crippen molar-refractivity contribution in [1.82, 2.24) is 0 Å². The van der Waals surface area contributed by atoms with Gasteiger partial charge in [-0.05, 0) is 13.0 Å². The third kappa shape index (κ3) is 2.12. The Morgan fingerprint density at radius 2 is 1.83 bits per heavy atom. The van der Waals surface area contributed by atoms with Gasteiger partial charge in [-0.1, -0.05) is 48.5 Å². The molecule has 2 aromatic carbocycles. The number of fused-ring (bicyclic) bond motifs is 1. The smallest absolute Gasteiger partial charge is 0.275 e. The molecule has 3 atom stereocenters. The summed E-state index contributed by atoms with van der Waals surface area (Å²) in [7, 11) is 0. The van der Waals surface area contributed by atoms with Crippen LogP contribution in [0.1, 0.15) is 24.2 Å². The zero-order valence-corrected chi connectivity index (χ0v) is 12.6. The third-order valence-corrected chi connectivity index (χ3v) is 4.05. The van der Waals surface area contributed by atoms with E-state index in [0.717, 1.165) is 0 Å². The largest absolute Gasteiger partial charge is 0.462 e. The number of hydrogen-bond donors (Lipinski definition) is 2. The molecule has 0 spiro atoms. The van der Waals surface area contributed by atoms with Crippen LogP contribution in [0, 0.1) is 11.3 Å². The molecule has 23 heavy (non-hydrogen) atoms. The zero-order chi connectivity index (χ0) is 16.5. The first-order valence-corrected chi connectivity index (χ1v) is 7.38. The van der Waals surface area contributed by atoms with E-state index in [1.165, 1.54) is 0 Å². The Labute approximate surface area is 134 Å². The molecule has 2 N–H and O–H groups in total. The van der Waals surface area contributed by atoms with Crippen LogP contribution in [0.4, 0.5) is 0 Å². The maximum atomic E-state index is 11.1. The number of ether oxygens (including phenoxy) is 2. The maximum Gasteiger partial charge on any atom is 0.275 e. The molecule has 1 aliphatic heterocycles. The lowest BCUT2D eigenvalue weighted by molar-refractivity contribution is -0.329. The van der Waals surface area contributed by atoms with Gasteiger partial charge >= 0.3 is 0 Å². The van der Waals surface area contributed by atoms with E-state index in [-0.39, 0.29) is 6.61 Å². The Morgan fingerprint density at radius 3 is 2.48 bits per heavy atom. The highest BCUT2D eigenvalue weighted by Crippen LogP contribution is 2.51. The predicted octanol–water partition coefficient (Wildman–Crippen LogP) is 2.26. The molecule has 0 fully saturated rings. The van der Waals surface area contributed by atoms with E-state index in [9.17, 15) is 15.5 Å². The summed E-state index contributed by atoms with van der Waals surface area (Å²) >= 11 is 0. The van der Waals surface area contributed by atoms with Crippen molar-refractivity contribution in [2.75, 3.05) is 6.61 Å². The van der Waals surface area contributed by atoms with Crippen LogP contribution >= 0.6 is 0 Å². The SMILES string of the molecule is CCOC1(O)C(O)c2ccccc2OC1(C#N)c1ccccc1. The highest BCUT2D eigenvalue weighted by Gasteiger charge is 2.64. The number of nitriles is 1. The Morgan fingerprint density at radius 1 is 1.17 bits per heavy atom. The average molecular weight is 311 g/mol. The third-order valence-electron chi connectivity index (χ3n) is 4.05. The van der Waals surface area contributed by atoms with Gasteiger partial charge in [0.2, 0.25) is 0 Å². The van der Waals surface area contributed by atoms with E-state index in [2.05, 4.69) is 0 Å². The first-order valence-electron chi connectivity index (χ1n) is 7.38. The summed E-state index contributed by atoms with van der Waals surface area (Å²) in [4.78, 5) is 0. The molecule has 5 heteroatoms. The molecule has 118 valence electrons. The fraction of sp³-hybridized carbons (Fsp3) is 0.278. The van der Waals surface area contributed by atoms with Gasteiger partial charge in [0.05, 0.1) is 0 Å². The van der Waals surface area contributed by atoms with E-state index in [0.29, 0.717) is 16.9 Å². The van der Waals surface area contributed by atoms with Crippen molar-refractivity contribution in [3.05, 3.63) is 65.7 Å². The van der Waals surface area contributed by atoms with Crippen molar-refractivity contribution in [2.45, 2.75) is 24.4 Å². The lowest BCUT2D eigenvalue weighted by Crippen LogP contribution is -2.62. The number of rotatable bonds is 3. The number of para-hydroxylation sites is 1. The number of nitrogens with zero attached hydrogens (tertiary/aromatic N) is 1. The fourth-order valence-corrected chi connectivity index (χ4v) is 2.95. The highest BCUT2D eigenvalue weighted by molar-refractivity contribution is 5.46. The molecular weight excluding hydrogens is 294 g/mol. The molecule has 3 rings (SSSR count). The van der Waals surface area contributed by atoms with Crippen molar-refractivity contribution in [2.24, 2.45) is 0 Å². The minimum Gasteiger partial charge on any atom is -0.462 e. The molecule has 0 saturated heterocycles. The van der Waals surface area contributed by atoms with Crippen LogP contribution in [0.5, 0.6) is 5.75 Å². The second-order valence-corrected chi connectivity index (χ2v) is 5.33. The van der Waals surface area contributed by atoms with E-state index < -0.39 is 17.5 Å². The normalized spacial score (nSPS) is 29.2. The molecule has 0 aliphatic carbocycles. The van der Waals surface area contributed by atoms with Crippen molar-refractivity contribution >= 4 is 0 Å². The molecule has 3 unspecified atom stereocenters. The Bertz CT molecular complexity index is 742. The van der Waals surface area contributed by atoms with Gasteiger partial charge in [-0.2, -0.15) is 5.26 Å². The van der Waals surface area contributed by atoms with E-state index in [1.54, 1.807) is 61.5 Å². The van der Waals surface area contributed by atoms with Gasteiger partial charge in [0, 0.05) is 17.7 Å². The molecule has 2 aromatic rings. The first-order chi connectivity index (χ1) is 11.1. The second kappa shape index (κ2) is 5.67. The molecule has 0 amide bonds. The quantitative estimate of drug-likeness (QED) is 0.850.